The van der Waals surface area contributed by atoms with E-state index in [9.17, 15) is 18.8 Å². The third-order valence-corrected chi connectivity index (χ3v) is 7.58. The van der Waals surface area contributed by atoms with Crippen LogP contribution in [-0.2, 0) is 9.53 Å². The van der Waals surface area contributed by atoms with Crippen molar-refractivity contribution < 1.29 is 23.5 Å². The number of aromatic nitrogens is 1. The maximum absolute atomic E-state index is 13.3. The van der Waals surface area contributed by atoms with E-state index in [1.54, 1.807) is 36.4 Å². The summed E-state index contributed by atoms with van der Waals surface area (Å²) >= 11 is 0. The zero-order valence-electron chi connectivity index (χ0n) is 23.0. The maximum atomic E-state index is 13.3. The zero-order chi connectivity index (χ0) is 28.6. The van der Waals surface area contributed by atoms with E-state index < -0.39 is 0 Å². The van der Waals surface area contributed by atoms with E-state index in [-0.39, 0.29) is 41.8 Å². The number of rotatable bonds is 7. The lowest BCUT2D eigenvalue weighted by atomic mass is 10.0. The van der Waals surface area contributed by atoms with E-state index in [1.807, 2.05) is 27.7 Å². The zero-order valence-corrected chi connectivity index (χ0v) is 23.0. The number of carbonyl (C=O) groups excluding carboxylic acids is 3. The molecule has 9 heteroatoms. The number of halogens is 1. The number of amides is 3. The minimum absolute atomic E-state index is 0.0175. The van der Waals surface area contributed by atoms with Crippen LogP contribution < -0.4 is 16.0 Å². The summed E-state index contributed by atoms with van der Waals surface area (Å²) in [6.07, 6.45) is 3.85. The van der Waals surface area contributed by atoms with Gasteiger partial charge in [-0.05, 0) is 88.1 Å². The molecule has 8 nitrogen and oxygen atoms in total. The van der Waals surface area contributed by atoms with Crippen molar-refractivity contribution in [2.24, 2.45) is 0 Å². The Labute approximate surface area is 232 Å². The van der Waals surface area contributed by atoms with Gasteiger partial charge >= 0.3 is 0 Å². The topological polar surface area (TPSA) is 112 Å². The standard InChI is InChI=1S/C31H33FN4O4/c1-16-5-11-23(40-16)15-33-31(39)28-17(2)27(34-19(28)4)14-25-24-13-21(8-12-26(24)36-30(25)38)29(37)35-18(3)20-6-9-22(32)10-7-20/h6-10,12-14,16,18,23,34H,5,11,15H2,1-4H3,(H,33,39)(H,35,37)(H,36,38)/b25-14-/t16?,18-,23?/m1/s1. The minimum Gasteiger partial charge on any atom is -0.373 e. The van der Waals surface area contributed by atoms with Crippen molar-refractivity contribution in [1.29, 1.82) is 0 Å². The van der Waals surface area contributed by atoms with Crippen LogP contribution in [0.5, 0.6) is 0 Å². The highest BCUT2D eigenvalue weighted by Gasteiger charge is 2.28. The SMILES string of the molecule is Cc1[nH]c(/C=C2\C(=O)Nc3ccc(C(=O)N[C@H](C)c4ccc(F)cc4)cc32)c(C)c1C(=O)NCC1CCC(C)O1. The second-order valence-electron chi connectivity index (χ2n) is 10.5. The molecule has 3 heterocycles. The average molecular weight is 545 g/mol. The number of carbonyl (C=O) groups is 3. The molecule has 2 aliphatic rings. The number of nitrogens with one attached hydrogen (secondary N) is 4. The molecular weight excluding hydrogens is 511 g/mol. The number of aromatic amines is 1. The molecule has 2 aromatic carbocycles. The Balaban J connectivity index is 1.35. The summed E-state index contributed by atoms with van der Waals surface area (Å²) in [5.41, 5.74) is 5.36. The van der Waals surface area contributed by atoms with E-state index in [0.29, 0.717) is 45.9 Å². The van der Waals surface area contributed by atoms with Gasteiger partial charge in [0.15, 0.2) is 0 Å². The molecule has 1 fully saturated rings. The Hall–Kier alpha value is -4.24. The molecule has 0 radical (unpaired) electrons. The number of fused-ring (bicyclic) bond motifs is 1. The van der Waals surface area contributed by atoms with E-state index >= 15 is 0 Å². The second-order valence-corrected chi connectivity index (χ2v) is 10.5. The van der Waals surface area contributed by atoms with Gasteiger partial charge in [0.2, 0.25) is 0 Å². The first kappa shape index (κ1) is 27.3. The van der Waals surface area contributed by atoms with Crippen LogP contribution in [0.2, 0.25) is 0 Å². The van der Waals surface area contributed by atoms with Gasteiger partial charge in [0.25, 0.3) is 17.7 Å². The summed E-state index contributed by atoms with van der Waals surface area (Å²) in [7, 11) is 0. The molecule has 1 aromatic heterocycles. The van der Waals surface area contributed by atoms with Crippen LogP contribution in [-0.4, -0.2) is 41.5 Å². The van der Waals surface area contributed by atoms with Crippen molar-refractivity contribution in [1.82, 2.24) is 15.6 Å². The third kappa shape index (κ3) is 5.56. The van der Waals surface area contributed by atoms with Gasteiger partial charge in [0.05, 0.1) is 29.4 Å². The Morgan fingerprint density at radius 1 is 1.12 bits per heavy atom. The van der Waals surface area contributed by atoms with Crippen molar-refractivity contribution in [2.45, 2.75) is 58.8 Å². The highest BCUT2D eigenvalue weighted by molar-refractivity contribution is 6.35. The number of hydrogen-bond acceptors (Lipinski definition) is 4. The van der Waals surface area contributed by atoms with Crippen LogP contribution in [0.1, 0.15) is 81.5 Å². The van der Waals surface area contributed by atoms with Crippen LogP contribution in [0, 0.1) is 19.7 Å². The van der Waals surface area contributed by atoms with Crippen molar-refractivity contribution >= 4 is 35.1 Å². The Kier molecular flexibility index (Phi) is 7.58. The predicted octanol–water partition coefficient (Wildman–Crippen LogP) is 5.05. The van der Waals surface area contributed by atoms with Crippen LogP contribution >= 0.6 is 0 Å². The van der Waals surface area contributed by atoms with Crippen LogP contribution in [0.25, 0.3) is 11.6 Å². The molecule has 3 atom stereocenters. The maximum Gasteiger partial charge on any atom is 0.256 e. The Morgan fingerprint density at radius 2 is 1.88 bits per heavy atom. The molecule has 2 aliphatic heterocycles. The minimum atomic E-state index is -0.342. The van der Waals surface area contributed by atoms with Crippen molar-refractivity contribution in [3.05, 3.63) is 87.5 Å². The number of H-pyrrole nitrogens is 1. The summed E-state index contributed by atoms with van der Waals surface area (Å²) in [5, 5.41) is 8.74. The summed E-state index contributed by atoms with van der Waals surface area (Å²) in [4.78, 5) is 42.2. The summed E-state index contributed by atoms with van der Waals surface area (Å²) in [6, 6.07) is 10.6. The number of ether oxygens (including phenoxy) is 1. The molecule has 2 unspecified atom stereocenters. The largest absolute Gasteiger partial charge is 0.373 e. The molecule has 0 bridgehead atoms. The lowest BCUT2D eigenvalue weighted by Crippen LogP contribution is -2.32. The van der Waals surface area contributed by atoms with Gasteiger partial charge in [-0.25, -0.2) is 4.39 Å². The van der Waals surface area contributed by atoms with E-state index in [2.05, 4.69) is 20.9 Å². The number of anilines is 1. The van der Waals surface area contributed by atoms with Gasteiger partial charge in [-0.1, -0.05) is 12.1 Å². The van der Waals surface area contributed by atoms with E-state index in [4.69, 9.17) is 4.74 Å². The van der Waals surface area contributed by atoms with E-state index in [0.717, 1.165) is 24.0 Å². The number of aryl methyl sites for hydroxylation is 1. The molecular formula is C31H33FN4O4. The molecule has 0 aliphatic carbocycles. The lowest BCUT2D eigenvalue weighted by molar-refractivity contribution is -0.110. The molecule has 3 amide bonds. The Bertz CT molecular complexity index is 1510. The third-order valence-electron chi connectivity index (χ3n) is 7.58. The van der Waals surface area contributed by atoms with Gasteiger partial charge in [-0.3, -0.25) is 14.4 Å². The van der Waals surface area contributed by atoms with Gasteiger partial charge < -0.3 is 25.7 Å². The fourth-order valence-corrected chi connectivity index (χ4v) is 5.32. The lowest BCUT2D eigenvalue weighted by Gasteiger charge is -2.15. The van der Waals surface area contributed by atoms with Crippen LogP contribution in [0.15, 0.2) is 42.5 Å². The molecule has 208 valence electrons. The number of hydrogen-bond donors (Lipinski definition) is 4. The molecule has 0 saturated carbocycles. The first-order valence-corrected chi connectivity index (χ1v) is 13.5. The van der Waals surface area contributed by atoms with Gasteiger partial charge in [-0.15, -0.1) is 0 Å². The van der Waals surface area contributed by atoms with Crippen LogP contribution in [0.3, 0.4) is 0 Å². The van der Waals surface area contributed by atoms with Gasteiger partial charge in [-0.2, -0.15) is 0 Å². The summed E-state index contributed by atoms with van der Waals surface area (Å²) in [6.45, 7) is 7.96. The van der Waals surface area contributed by atoms with Gasteiger partial charge in [0, 0.05) is 34.7 Å². The molecule has 3 aromatic rings. The first-order valence-electron chi connectivity index (χ1n) is 13.5. The molecule has 0 spiro atoms. The monoisotopic (exact) mass is 544 g/mol. The van der Waals surface area contributed by atoms with Gasteiger partial charge in [0.1, 0.15) is 5.82 Å². The Morgan fingerprint density at radius 3 is 2.58 bits per heavy atom. The quantitative estimate of drug-likeness (QED) is 0.312. The smallest absolute Gasteiger partial charge is 0.256 e. The molecule has 4 N–H and O–H groups in total. The average Bonchev–Trinajstić information content (AvgIpc) is 3.57. The summed E-state index contributed by atoms with van der Waals surface area (Å²) in [5.74, 6) is -1.14. The fourth-order valence-electron chi connectivity index (χ4n) is 5.32. The normalized spacial score (nSPS) is 19.8. The highest BCUT2D eigenvalue weighted by atomic mass is 19.1. The van der Waals surface area contributed by atoms with Crippen LogP contribution in [0.4, 0.5) is 10.1 Å². The fraction of sp³-hybridized carbons (Fsp3) is 0.323. The highest BCUT2D eigenvalue weighted by Crippen LogP contribution is 2.35. The molecule has 5 rings (SSSR count). The van der Waals surface area contributed by atoms with Crippen molar-refractivity contribution in [2.75, 3.05) is 11.9 Å². The predicted molar refractivity (Wildman–Crippen MR) is 151 cm³/mol. The van der Waals surface area contributed by atoms with Crippen molar-refractivity contribution in [3.8, 4) is 0 Å². The summed E-state index contributed by atoms with van der Waals surface area (Å²) < 4.78 is 19.1. The molecule has 40 heavy (non-hydrogen) atoms. The molecule has 1 saturated heterocycles. The second kappa shape index (κ2) is 11.1. The van der Waals surface area contributed by atoms with E-state index in [1.165, 1.54) is 12.1 Å². The van der Waals surface area contributed by atoms with Crippen molar-refractivity contribution in [3.63, 3.8) is 0 Å². The number of benzene rings is 2. The first-order chi connectivity index (χ1) is 19.1.